The Hall–Kier alpha value is -1.59. The first-order valence-corrected chi connectivity index (χ1v) is 7.48. The number of hydrogen-bond acceptors (Lipinski definition) is 5. The summed E-state index contributed by atoms with van der Waals surface area (Å²) in [5.74, 6) is -0.177. The van der Waals surface area contributed by atoms with Gasteiger partial charge in [0.25, 0.3) is 0 Å². The Bertz CT molecular complexity index is 489. The van der Waals surface area contributed by atoms with Crippen LogP contribution in [0.4, 0.5) is 5.69 Å². The fourth-order valence-electron chi connectivity index (χ4n) is 2.50. The van der Waals surface area contributed by atoms with E-state index in [-0.39, 0.29) is 18.7 Å². The number of aryl methyl sites for hydroxylation is 1. The van der Waals surface area contributed by atoms with E-state index in [9.17, 15) is 9.90 Å². The number of nitrogens with one attached hydrogen (secondary N) is 1. The summed E-state index contributed by atoms with van der Waals surface area (Å²) in [5, 5.41) is 12.8. The van der Waals surface area contributed by atoms with Gasteiger partial charge in [-0.3, -0.25) is 4.79 Å². The van der Waals surface area contributed by atoms with Gasteiger partial charge in [0.2, 0.25) is 0 Å². The van der Waals surface area contributed by atoms with Gasteiger partial charge in [0, 0.05) is 17.7 Å². The number of fused-ring (bicyclic) bond motifs is 1. The first-order valence-electron chi connectivity index (χ1n) is 7.48. The van der Waals surface area contributed by atoms with Crippen LogP contribution in [0.2, 0.25) is 0 Å². The Balaban J connectivity index is 2.12. The lowest BCUT2D eigenvalue weighted by molar-refractivity contribution is -0.143. The van der Waals surface area contributed by atoms with Crippen molar-refractivity contribution < 1.29 is 19.4 Å². The topological polar surface area (TPSA) is 67.8 Å². The van der Waals surface area contributed by atoms with E-state index in [2.05, 4.69) is 12.2 Å². The highest BCUT2D eigenvalue weighted by atomic mass is 16.5. The van der Waals surface area contributed by atoms with Crippen molar-refractivity contribution in [3.05, 3.63) is 29.3 Å². The number of ether oxygens (including phenoxy) is 2. The van der Waals surface area contributed by atoms with Crippen molar-refractivity contribution >= 4 is 11.7 Å². The van der Waals surface area contributed by atoms with Gasteiger partial charge in [-0.15, -0.1) is 0 Å². The number of carbonyl (C=O) groups is 1. The maximum atomic E-state index is 11.4. The molecule has 1 aromatic rings. The van der Waals surface area contributed by atoms with Crippen LogP contribution in [-0.2, 0) is 20.7 Å². The maximum Gasteiger partial charge on any atom is 0.306 e. The summed E-state index contributed by atoms with van der Waals surface area (Å²) < 4.78 is 10.6. The van der Waals surface area contributed by atoms with E-state index in [0.29, 0.717) is 19.4 Å². The average Bonchev–Trinajstić information content (AvgIpc) is 2.63. The summed E-state index contributed by atoms with van der Waals surface area (Å²) in [6.07, 6.45) is 1.13. The molecule has 5 nitrogen and oxygen atoms in total. The molecule has 0 amide bonds. The molecule has 0 saturated carbocycles. The molecule has 2 unspecified atom stereocenters. The smallest absolute Gasteiger partial charge is 0.306 e. The molecule has 0 aliphatic carbocycles. The molecule has 1 aliphatic heterocycles. The Labute approximate surface area is 125 Å². The second-order valence-corrected chi connectivity index (χ2v) is 5.12. The molecule has 1 heterocycles. The minimum Gasteiger partial charge on any atom is -0.466 e. The summed E-state index contributed by atoms with van der Waals surface area (Å²) in [5.41, 5.74) is 3.00. The first kappa shape index (κ1) is 15.8. The second kappa shape index (κ2) is 7.43. The van der Waals surface area contributed by atoms with Crippen LogP contribution in [0.5, 0.6) is 0 Å². The van der Waals surface area contributed by atoms with E-state index in [1.807, 2.05) is 18.2 Å². The fourth-order valence-corrected chi connectivity index (χ4v) is 2.50. The molecular weight excluding hydrogens is 270 g/mol. The molecule has 1 aromatic carbocycles. The lowest BCUT2D eigenvalue weighted by atomic mass is 9.99. The Morgan fingerprint density at radius 1 is 1.48 bits per heavy atom. The molecule has 0 bridgehead atoms. The standard InChI is InChI=1S/C16H23NO4/c1-3-14-12-9-11(6-8-16(19)20-4-2)5-7-13(12)17-15(18)10-21-14/h5,7,9,14-15,17-18H,3-4,6,8,10H2,1-2H3. The van der Waals surface area contributed by atoms with Gasteiger partial charge in [-0.2, -0.15) is 0 Å². The van der Waals surface area contributed by atoms with Crippen molar-refractivity contribution in [1.29, 1.82) is 0 Å². The third-order valence-electron chi connectivity index (χ3n) is 3.53. The number of aliphatic hydroxyl groups excluding tert-OH is 1. The van der Waals surface area contributed by atoms with Gasteiger partial charge >= 0.3 is 5.97 Å². The Kier molecular flexibility index (Phi) is 5.59. The van der Waals surface area contributed by atoms with Crippen molar-refractivity contribution in [1.82, 2.24) is 0 Å². The highest BCUT2D eigenvalue weighted by Crippen LogP contribution is 2.32. The summed E-state index contributed by atoms with van der Waals surface area (Å²) in [7, 11) is 0. The van der Waals surface area contributed by atoms with E-state index in [0.717, 1.165) is 23.2 Å². The van der Waals surface area contributed by atoms with Crippen LogP contribution in [-0.4, -0.2) is 30.5 Å². The maximum absolute atomic E-state index is 11.4. The predicted molar refractivity (Wildman–Crippen MR) is 80.0 cm³/mol. The van der Waals surface area contributed by atoms with Crippen LogP contribution >= 0.6 is 0 Å². The normalized spacial score (nSPS) is 21.1. The zero-order valence-corrected chi connectivity index (χ0v) is 12.6. The van der Waals surface area contributed by atoms with Gasteiger partial charge in [-0.1, -0.05) is 19.1 Å². The number of aliphatic hydroxyl groups is 1. The molecule has 5 heteroatoms. The largest absolute Gasteiger partial charge is 0.466 e. The SMILES string of the molecule is CCOC(=O)CCc1ccc2c(c1)C(CC)OCC(O)N2. The highest BCUT2D eigenvalue weighted by molar-refractivity contribution is 5.69. The lowest BCUT2D eigenvalue weighted by Crippen LogP contribution is -2.22. The van der Waals surface area contributed by atoms with Crippen LogP contribution in [0.15, 0.2) is 18.2 Å². The predicted octanol–water partition coefficient (Wildman–Crippen LogP) is 2.39. The third-order valence-corrected chi connectivity index (χ3v) is 3.53. The molecule has 0 aromatic heterocycles. The van der Waals surface area contributed by atoms with Gasteiger partial charge in [0.1, 0.15) is 6.23 Å². The number of carbonyl (C=O) groups excluding carboxylic acids is 1. The number of esters is 1. The van der Waals surface area contributed by atoms with E-state index in [4.69, 9.17) is 9.47 Å². The minimum absolute atomic E-state index is 0.0350. The molecule has 1 aliphatic rings. The number of anilines is 1. The Morgan fingerprint density at radius 3 is 3.00 bits per heavy atom. The van der Waals surface area contributed by atoms with Crippen LogP contribution < -0.4 is 5.32 Å². The van der Waals surface area contributed by atoms with Gasteiger partial charge in [0.15, 0.2) is 0 Å². The van der Waals surface area contributed by atoms with Crippen molar-refractivity contribution in [2.75, 3.05) is 18.5 Å². The minimum atomic E-state index is -0.689. The van der Waals surface area contributed by atoms with Crippen molar-refractivity contribution in [3.8, 4) is 0 Å². The van der Waals surface area contributed by atoms with Gasteiger partial charge in [-0.25, -0.2) is 0 Å². The molecule has 21 heavy (non-hydrogen) atoms. The average molecular weight is 293 g/mol. The number of benzene rings is 1. The van der Waals surface area contributed by atoms with Gasteiger partial charge in [-0.05, 0) is 31.4 Å². The van der Waals surface area contributed by atoms with E-state index in [1.165, 1.54) is 0 Å². The summed E-state index contributed by atoms with van der Waals surface area (Å²) in [4.78, 5) is 11.4. The molecule has 2 atom stereocenters. The van der Waals surface area contributed by atoms with Crippen LogP contribution in [0.25, 0.3) is 0 Å². The van der Waals surface area contributed by atoms with E-state index < -0.39 is 6.23 Å². The van der Waals surface area contributed by atoms with Gasteiger partial charge in [0.05, 0.1) is 19.3 Å². The Morgan fingerprint density at radius 2 is 2.29 bits per heavy atom. The van der Waals surface area contributed by atoms with Crippen LogP contribution in [0.1, 0.15) is 43.9 Å². The zero-order valence-electron chi connectivity index (χ0n) is 12.6. The first-order chi connectivity index (χ1) is 10.1. The molecule has 116 valence electrons. The lowest BCUT2D eigenvalue weighted by Gasteiger charge is -2.16. The monoisotopic (exact) mass is 293 g/mol. The molecule has 0 spiro atoms. The van der Waals surface area contributed by atoms with E-state index in [1.54, 1.807) is 6.92 Å². The summed E-state index contributed by atoms with van der Waals surface area (Å²) >= 11 is 0. The van der Waals surface area contributed by atoms with Gasteiger partial charge < -0.3 is 19.9 Å². The zero-order chi connectivity index (χ0) is 15.2. The molecule has 0 fully saturated rings. The number of rotatable bonds is 5. The molecule has 2 rings (SSSR count). The summed E-state index contributed by atoms with van der Waals surface area (Å²) in [6.45, 7) is 4.54. The number of hydrogen-bond donors (Lipinski definition) is 2. The van der Waals surface area contributed by atoms with Crippen molar-refractivity contribution in [2.24, 2.45) is 0 Å². The highest BCUT2D eigenvalue weighted by Gasteiger charge is 2.21. The third kappa shape index (κ3) is 4.19. The van der Waals surface area contributed by atoms with Crippen LogP contribution in [0, 0.1) is 0 Å². The second-order valence-electron chi connectivity index (χ2n) is 5.12. The fraction of sp³-hybridized carbons (Fsp3) is 0.562. The van der Waals surface area contributed by atoms with Crippen molar-refractivity contribution in [2.45, 2.75) is 45.4 Å². The van der Waals surface area contributed by atoms with Crippen molar-refractivity contribution in [3.63, 3.8) is 0 Å². The molecule has 0 radical (unpaired) electrons. The molecule has 2 N–H and O–H groups in total. The molecular formula is C16H23NO4. The van der Waals surface area contributed by atoms with E-state index >= 15 is 0 Å². The summed E-state index contributed by atoms with van der Waals surface area (Å²) in [6, 6.07) is 5.96. The molecule has 0 saturated heterocycles. The van der Waals surface area contributed by atoms with Crippen LogP contribution in [0.3, 0.4) is 0 Å². The quantitative estimate of drug-likeness (QED) is 0.816.